The van der Waals surface area contributed by atoms with Crippen LogP contribution in [0.3, 0.4) is 0 Å². The van der Waals surface area contributed by atoms with Gasteiger partial charge in [0.05, 0.1) is 0 Å². The van der Waals surface area contributed by atoms with Crippen molar-refractivity contribution >= 4 is 29.1 Å². The monoisotopic (exact) mass is 573 g/mol. The Morgan fingerprint density at radius 2 is 1.77 bits per heavy atom. The predicted octanol–water partition coefficient (Wildman–Crippen LogP) is 6.17. The number of carbonyl (C=O) groups excluding carboxylic acids is 3. The molecule has 0 aliphatic heterocycles. The van der Waals surface area contributed by atoms with Gasteiger partial charge in [0.1, 0.15) is 17.4 Å². The number of hydrogen-bond donors (Lipinski definition) is 1. The highest BCUT2D eigenvalue weighted by Gasteiger charge is 2.32. The normalized spacial score (nSPS) is 13.6. The number of carbonyl (C=O) groups is 3. The summed E-state index contributed by atoms with van der Waals surface area (Å²) >= 11 is 1.29. The second-order valence-electron chi connectivity index (χ2n) is 11.1. The summed E-state index contributed by atoms with van der Waals surface area (Å²) in [5.74, 6) is -0.184. The Bertz CT molecular complexity index is 1060. The van der Waals surface area contributed by atoms with E-state index in [-0.39, 0.29) is 36.5 Å². The molecule has 0 bridgehead atoms. The van der Waals surface area contributed by atoms with E-state index in [0.717, 1.165) is 31.2 Å². The van der Waals surface area contributed by atoms with E-state index < -0.39 is 12.1 Å². The van der Waals surface area contributed by atoms with E-state index in [1.165, 1.54) is 18.3 Å². The van der Waals surface area contributed by atoms with Crippen LogP contribution in [0.2, 0.25) is 0 Å². The fraction of sp³-hybridized carbons (Fsp3) is 0.613. The quantitative estimate of drug-likeness (QED) is 0.179. The zero-order chi connectivity index (χ0) is 29.7. The minimum atomic E-state index is -0.689. The van der Waals surface area contributed by atoms with E-state index in [2.05, 4.69) is 36.3 Å². The first-order valence-electron chi connectivity index (χ1n) is 14.3. The summed E-state index contributed by atoms with van der Waals surface area (Å²) in [7, 11) is 1.57. The van der Waals surface area contributed by atoms with Crippen molar-refractivity contribution in [2.24, 2.45) is 11.8 Å². The van der Waals surface area contributed by atoms with Crippen LogP contribution in [0.5, 0.6) is 0 Å². The molecule has 1 heterocycles. The minimum Gasteiger partial charge on any atom is -0.455 e. The van der Waals surface area contributed by atoms with E-state index in [0.29, 0.717) is 29.5 Å². The van der Waals surface area contributed by atoms with Crippen LogP contribution in [0.4, 0.5) is 0 Å². The molecular formula is C31H47N3O5S. The van der Waals surface area contributed by atoms with Crippen LogP contribution in [0, 0.1) is 11.8 Å². The van der Waals surface area contributed by atoms with Gasteiger partial charge in [-0.1, -0.05) is 71.4 Å². The third kappa shape index (κ3) is 11.0. The van der Waals surface area contributed by atoms with Gasteiger partial charge in [0, 0.05) is 44.3 Å². The van der Waals surface area contributed by atoms with E-state index in [1.54, 1.807) is 17.4 Å². The second kappa shape index (κ2) is 17.1. The summed E-state index contributed by atoms with van der Waals surface area (Å²) in [6.45, 7) is 11.9. The fourth-order valence-electron chi connectivity index (χ4n) is 4.80. The lowest BCUT2D eigenvalue weighted by molar-refractivity contribution is -0.150. The highest BCUT2D eigenvalue weighted by atomic mass is 32.1. The number of benzene rings is 1. The first kappa shape index (κ1) is 33.4. The van der Waals surface area contributed by atoms with E-state index in [4.69, 9.17) is 9.47 Å². The largest absolute Gasteiger partial charge is 0.455 e. The van der Waals surface area contributed by atoms with Gasteiger partial charge in [-0.3, -0.25) is 14.4 Å². The Kier molecular flexibility index (Phi) is 14.3. The summed E-state index contributed by atoms with van der Waals surface area (Å²) in [6.07, 6.45) is 3.39. The maximum atomic E-state index is 13.3. The zero-order valence-corrected chi connectivity index (χ0v) is 26.0. The molecule has 0 spiro atoms. The van der Waals surface area contributed by atoms with E-state index in [9.17, 15) is 14.4 Å². The summed E-state index contributed by atoms with van der Waals surface area (Å²) in [4.78, 5) is 44.7. The van der Waals surface area contributed by atoms with Crippen LogP contribution in [-0.2, 0) is 25.5 Å². The van der Waals surface area contributed by atoms with Gasteiger partial charge in [-0.25, -0.2) is 4.98 Å². The summed E-state index contributed by atoms with van der Waals surface area (Å²) in [5.41, 5.74) is 1.46. The van der Waals surface area contributed by atoms with Gasteiger partial charge >= 0.3 is 5.97 Å². The summed E-state index contributed by atoms with van der Waals surface area (Å²) in [6, 6.07) is 9.84. The lowest BCUT2D eigenvalue weighted by atomic mass is 9.95. The van der Waals surface area contributed by atoms with Crippen LogP contribution < -0.4 is 5.32 Å². The number of thiazole rings is 1. The number of aromatic nitrogens is 1. The van der Waals surface area contributed by atoms with Crippen molar-refractivity contribution in [1.29, 1.82) is 0 Å². The molecule has 8 nitrogen and oxygen atoms in total. The maximum Gasteiger partial charge on any atom is 0.303 e. The Morgan fingerprint density at radius 3 is 2.35 bits per heavy atom. The highest BCUT2D eigenvalue weighted by molar-refractivity contribution is 7.09. The smallest absolute Gasteiger partial charge is 0.303 e. The van der Waals surface area contributed by atoms with Crippen LogP contribution in [0.15, 0.2) is 35.7 Å². The number of hydrogen-bond acceptors (Lipinski definition) is 7. The van der Waals surface area contributed by atoms with E-state index in [1.807, 2.05) is 39.0 Å². The molecule has 2 aromatic rings. The Hall–Kier alpha value is -2.78. The van der Waals surface area contributed by atoms with E-state index >= 15 is 0 Å². The van der Waals surface area contributed by atoms with Crippen molar-refractivity contribution in [2.75, 3.05) is 13.8 Å². The number of amides is 2. The third-order valence-corrected chi connectivity index (χ3v) is 7.65. The Labute approximate surface area is 243 Å². The minimum absolute atomic E-state index is 0.0118. The summed E-state index contributed by atoms with van der Waals surface area (Å²) < 4.78 is 11.1. The van der Waals surface area contributed by atoms with Crippen LogP contribution in [0.1, 0.15) is 101 Å². The van der Waals surface area contributed by atoms with Gasteiger partial charge in [-0.05, 0) is 36.7 Å². The molecule has 3 unspecified atom stereocenters. The number of esters is 1. The van der Waals surface area contributed by atoms with Gasteiger partial charge < -0.3 is 19.7 Å². The predicted molar refractivity (Wildman–Crippen MR) is 159 cm³/mol. The first-order chi connectivity index (χ1) is 19.0. The zero-order valence-electron chi connectivity index (χ0n) is 25.1. The lowest BCUT2D eigenvalue weighted by Gasteiger charge is -2.35. The van der Waals surface area contributed by atoms with Gasteiger partial charge in [-0.15, -0.1) is 11.3 Å². The summed E-state index contributed by atoms with van der Waals surface area (Å²) in [5, 5.41) is 5.41. The molecule has 1 aromatic heterocycles. The van der Waals surface area contributed by atoms with Crippen molar-refractivity contribution in [2.45, 2.75) is 98.3 Å². The highest BCUT2D eigenvalue weighted by Crippen LogP contribution is 2.31. The van der Waals surface area contributed by atoms with Crippen molar-refractivity contribution < 1.29 is 23.9 Å². The van der Waals surface area contributed by atoms with Crippen molar-refractivity contribution in [3.8, 4) is 0 Å². The molecule has 0 fully saturated rings. The molecular weight excluding hydrogens is 526 g/mol. The number of nitrogens with zero attached hydrogens (tertiary/aromatic N) is 2. The van der Waals surface area contributed by atoms with Gasteiger partial charge in [0.25, 0.3) is 5.91 Å². The molecule has 0 saturated heterocycles. The molecule has 9 heteroatoms. The molecule has 3 atom stereocenters. The van der Waals surface area contributed by atoms with Gasteiger partial charge in [-0.2, -0.15) is 0 Å². The lowest BCUT2D eigenvalue weighted by Crippen LogP contribution is -2.45. The average Bonchev–Trinajstić information content (AvgIpc) is 3.39. The van der Waals surface area contributed by atoms with Crippen LogP contribution in [0.25, 0.3) is 0 Å². The average molecular weight is 574 g/mol. The number of nitrogens with one attached hydrogen (secondary N) is 1. The number of unbranched alkanes of at least 4 members (excludes halogenated alkanes) is 1. The molecule has 222 valence electrons. The molecule has 40 heavy (non-hydrogen) atoms. The Balaban J connectivity index is 2.25. The molecule has 0 aliphatic rings. The Morgan fingerprint density at radius 1 is 1.07 bits per heavy atom. The first-order valence-corrected chi connectivity index (χ1v) is 15.2. The standard InChI is InChI=1S/C31H47N3O5S/c1-8-9-15-29(36)34(20-38-7)27(22(4)5)18-28(39-23(6)35)31-33-26(19-40-31)30(37)32-25(16-21(2)3)17-24-13-11-10-12-14-24/h10-14,19,21-22,25,27-28H,8-9,15-18,20H2,1-7H3,(H,32,37). The SMILES string of the molecule is CCCCC(=O)N(COC)C(CC(OC(C)=O)c1nc(C(=O)NC(Cc2ccccc2)CC(C)C)cs1)C(C)C. The third-order valence-electron chi connectivity index (χ3n) is 6.71. The van der Waals surface area contributed by atoms with Crippen molar-refractivity contribution in [3.63, 3.8) is 0 Å². The van der Waals surface area contributed by atoms with Crippen molar-refractivity contribution in [1.82, 2.24) is 15.2 Å². The molecule has 0 radical (unpaired) electrons. The number of rotatable bonds is 17. The molecule has 1 aromatic carbocycles. The molecule has 2 amide bonds. The molecule has 0 saturated carbocycles. The van der Waals surface area contributed by atoms with Gasteiger partial charge in [0.15, 0.2) is 6.10 Å². The number of ether oxygens (including phenoxy) is 2. The molecule has 2 rings (SSSR count). The van der Waals surface area contributed by atoms with Gasteiger partial charge in [0.2, 0.25) is 5.91 Å². The van der Waals surface area contributed by atoms with Crippen LogP contribution >= 0.6 is 11.3 Å². The second-order valence-corrected chi connectivity index (χ2v) is 12.0. The topological polar surface area (TPSA) is 97.8 Å². The molecule has 0 aliphatic carbocycles. The number of methoxy groups -OCH3 is 1. The molecule has 1 N–H and O–H groups in total. The fourth-order valence-corrected chi connectivity index (χ4v) is 5.64. The van der Waals surface area contributed by atoms with Crippen LogP contribution in [-0.4, -0.2) is 53.6 Å². The maximum absolute atomic E-state index is 13.3. The van der Waals surface area contributed by atoms with Crippen molar-refractivity contribution in [3.05, 3.63) is 52.0 Å².